The molecule has 3 heteroatoms. The Morgan fingerprint density at radius 2 is 1.50 bits per heavy atom. The Hall–Kier alpha value is 0.0900. The molecule has 0 heterocycles. The van der Waals surface area contributed by atoms with Crippen molar-refractivity contribution in [1.29, 1.82) is 0 Å². The SMILES string of the molecule is CC.Cc1cc(Cl)cc(Cl)c1Cl. The fourth-order valence-corrected chi connectivity index (χ4v) is 1.39. The van der Waals surface area contributed by atoms with Crippen LogP contribution in [-0.4, -0.2) is 0 Å². The summed E-state index contributed by atoms with van der Waals surface area (Å²) in [7, 11) is 0. The number of rotatable bonds is 0. The molecule has 68 valence electrons. The van der Waals surface area contributed by atoms with Gasteiger partial charge in [0.05, 0.1) is 10.0 Å². The van der Waals surface area contributed by atoms with Gasteiger partial charge in [0.2, 0.25) is 0 Å². The van der Waals surface area contributed by atoms with E-state index in [-0.39, 0.29) is 0 Å². The Morgan fingerprint density at radius 1 is 1.00 bits per heavy atom. The standard InChI is InChI=1S/C7H5Cl3.C2H6/c1-4-2-5(8)3-6(9)7(4)10;1-2/h2-3H,1H3;1-2H3. The summed E-state index contributed by atoms with van der Waals surface area (Å²) >= 11 is 17.1. The van der Waals surface area contributed by atoms with E-state index in [1.807, 2.05) is 20.8 Å². The molecule has 0 N–H and O–H groups in total. The van der Waals surface area contributed by atoms with Gasteiger partial charge >= 0.3 is 0 Å². The van der Waals surface area contributed by atoms with E-state index in [4.69, 9.17) is 34.8 Å². The molecule has 0 radical (unpaired) electrons. The Kier molecular flexibility index (Phi) is 5.73. The van der Waals surface area contributed by atoms with Gasteiger partial charge in [-0.05, 0) is 24.6 Å². The van der Waals surface area contributed by atoms with Gasteiger partial charge in [-0.2, -0.15) is 0 Å². The third-order valence-electron chi connectivity index (χ3n) is 1.17. The Morgan fingerprint density at radius 3 is 1.92 bits per heavy atom. The van der Waals surface area contributed by atoms with Crippen molar-refractivity contribution in [2.75, 3.05) is 0 Å². The summed E-state index contributed by atoms with van der Waals surface area (Å²) in [6, 6.07) is 3.40. The van der Waals surface area contributed by atoms with E-state index < -0.39 is 0 Å². The van der Waals surface area contributed by atoms with Gasteiger partial charge in [0, 0.05) is 5.02 Å². The molecule has 1 rings (SSSR count). The topological polar surface area (TPSA) is 0 Å². The van der Waals surface area contributed by atoms with Gasteiger partial charge in [-0.3, -0.25) is 0 Å². The van der Waals surface area contributed by atoms with Crippen molar-refractivity contribution >= 4 is 34.8 Å². The largest absolute Gasteiger partial charge is 0.0843 e. The van der Waals surface area contributed by atoms with Crippen LogP contribution in [0.5, 0.6) is 0 Å². The van der Waals surface area contributed by atoms with E-state index in [0.717, 1.165) is 5.56 Å². The van der Waals surface area contributed by atoms with Gasteiger partial charge in [0.15, 0.2) is 0 Å². The van der Waals surface area contributed by atoms with E-state index in [1.165, 1.54) is 0 Å². The zero-order chi connectivity index (χ0) is 9.72. The number of benzene rings is 1. The minimum atomic E-state index is 0.506. The van der Waals surface area contributed by atoms with Crippen LogP contribution in [0.4, 0.5) is 0 Å². The van der Waals surface area contributed by atoms with Crippen molar-refractivity contribution in [3.05, 3.63) is 32.8 Å². The van der Waals surface area contributed by atoms with Crippen molar-refractivity contribution in [1.82, 2.24) is 0 Å². The highest BCUT2D eigenvalue weighted by atomic mass is 35.5. The molecule has 12 heavy (non-hydrogen) atoms. The molecule has 0 atom stereocenters. The summed E-state index contributed by atoms with van der Waals surface area (Å²) in [5, 5.41) is 1.70. The zero-order valence-corrected chi connectivity index (χ0v) is 9.56. The zero-order valence-electron chi connectivity index (χ0n) is 7.29. The second-order valence-corrected chi connectivity index (χ2v) is 3.24. The molecule has 0 aliphatic rings. The molecule has 0 amide bonds. The molecular weight excluding hydrogens is 214 g/mol. The molecule has 0 unspecified atom stereocenters. The lowest BCUT2D eigenvalue weighted by atomic mass is 10.2. The monoisotopic (exact) mass is 224 g/mol. The smallest absolute Gasteiger partial charge is 0.0622 e. The van der Waals surface area contributed by atoms with Gasteiger partial charge in [0.25, 0.3) is 0 Å². The molecule has 0 saturated carbocycles. The number of hydrogen-bond donors (Lipinski definition) is 0. The summed E-state index contributed by atoms with van der Waals surface area (Å²) in [5.41, 5.74) is 0.902. The Bertz CT molecular complexity index is 233. The van der Waals surface area contributed by atoms with Crippen molar-refractivity contribution in [2.45, 2.75) is 20.8 Å². The summed E-state index contributed by atoms with van der Waals surface area (Å²) in [6.07, 6.45) is 0. The molecule has 0 nitrogen and oxygen atoms in total. The quantitative estimate of drug-likeness (QED) is 0.546. The average Bonchev–Trinajstić information content (AvgIpc) is 2.04. The summed E-state index contributed by atoms with van der Waals surface area (Å²) in [6.45, 7) is 5.86. The maximum Gasteiger partial charge on any atom is 0.0622 e. The molecule has 1 aromatic carbocycles. The first-order valence-corrected chi connectivity index (χ1v) is 4.86. The molecule has 0 aliphatic heterocycles. The van der Waals surface area contributed by atoms with Crippen LogP contribution < -0.4 is 0 Å². The maximum absolute atomic E-state index is 5.76. The highest BCUT2D eigenvalue weighted by Crippen LogP contribution is 2.28. The van der Waals surface area contributed by atoms with E-state index >= 15 is 0 Å². The minimum absolute atomic E-state index is 0.506. The predicted molar refractivity (Wildman–Crippen MR) is 57.6 cm³/mol. The fraction of sp³-hybridized carbons (Fsp3) is 0.333. The fourth-order valence-electron chi connectivity index (χ4n) is 0.685. The number of halogens is 3. The minimum Gasteiger partial charge on any atom is -0.0843 e. The van der Waals surface area contributed by atoms with E-state index in [9.17, 15) is 0 Å². The van der Waals surface area contributed by atoms with Crippen LogP contribution in [0.3, 0.4) is 0 Å². The Balaban J connectivity index is 0.000000561. The lowest BCUT2D eigenvalue weighted by Gasteiger charge is -1.99. The van der Waals surface area contributed by atoms with Crippen LogP contribution in [-0.2, 0) is 0 Å². The van der Waals surface area contributed by atoms with Crippen molar-refractivity contribution < 1.29 is 0 Å². The maximum atomic E-state index is 5.76. The average molecular weight is 226 g/mol. The van der Waals surface area contributed by atoms with Gasteiger partial charge in [-0.25, -0.2) is 0 Å². The molecule has 0 aliphatic carbocycles. The molecule has 0 spiro atoms. The van der Waals surface area contributed by atoms with Crippen LogP contribution in [0.2, 0.25) is 15.1 Å². The van der Waals surface area contributed by atoms with Crippen LogP contribution >= 0.6 is 34.8 Å². The highest BCUT2D eigenvalue weighted by Gasteiger charge is 2.01. The second-order valence-electron chi connectivity index (χ2n) is 2.02. The summed E-state index contributed by atoms with van der Waals surface area (Å²) in [5.74, 6) is 0. The molecule has 1 aromatic rings. The number of aryl methyl sites for hydroxylation is 1. The summed E-state index contributed by atoms with van der Waals surface area (Å²) < 4.78 is 0. The molecule has 0 saturated heterocycles. The molecular formula is C9H11Cl3. The van der Waals surface area contributed by atoms with Crippen molar-refractivity contribution in [3.63, 3.8) is 0 Å². The van der Waals surface area contributed by atoms with Gasteiger partial charge in [0.1, 0.15) is 0 Å². The van der Waals surface area contributed by atoms with Crippen molar-refractivity contribution in [3.8, 4) is 0 Å². The first kappa shape index (κ1) is 12.1. The van der Waals surface area contributed by atoms with Gasteiger partial charge < -0.3 is 0 Å². The van der Waals surface area contributed by atoms with Gasteiger partial charge in [-0.1, -0.05) is 48.7 Å². The second kappa shape index (κ2) is 5.69. The van der Waals surface area contributed by atoms with E-state index in [0.29, 0.717) is 15.1 Å². The lowest BCUT2D eigenvalue weighted by molar-refractivity contribution is 1.47. The summed E-state index contributed by atoms with van der Waals surface area (Å²) in [4.78, 5) is 0. The van der Waals surface area contributed by atoms with Crippen LogP contribution in [0.1, 0.15) is 19.4 Å². The normalized spacial score (nSPS) is 8.83. The highest BCUT2D eigenvalue weighted by molar-refractivity contribution is 6.43. The van der Waals surface area contributed by atoms with Crippen LogP contribution in [0.25, 0.3) is 0 Å². The lowest BCUT2D eigenvalue weighted by Crippen LogP contribution is -1.75. The van der Waals surface area contributed by atoms with Crippen molar-refractivity contribution in [2.24, 2.45) is 0 Å². The molecule has 0 aromatic heterocycles. The van der Waals surface area contributed by atoms with E-state index in [1.54, 1.807) is 12.1 Å². The predicted octanol–water partition coefficient (Wildman–Crippen LogP) is 4.98. The number of hydrogen-bond acceptors (Lipinski definition) is 0. The first-order chi connectivity index (χ1) is 5.61. The van der Waals surface area contributed by atoms with Gasteiger partial charge in [-0.15, -0.1) is 0 Å². The third-order valence-corrected chi connectivity index (χ3v) is 2.29. The molecule has 0 fully saturated rings. The van der Waals surface area contributed by atoms with E-state index in [2.05, 4.69) is 0 Å². The first-order valence-electron chi connectivity index (χ1n) is 3.72. The molecule has 0 bridgehead atoms. The van der Waals surface area contributed by atoms with Crippen LogP contribution in [0, 0.1) is 6.92 Å². The Labute approximate surface area is 88.4 Å². The van der Waals surface area contributed by atoms with Crippen LogP contribution in [0.15, 0.2) is 12.1 Å². The third kappa shape index (κ3) is 3.22.